The van der Waals surface area contributed by atoms with Gasteiger partial charge in [-0.05, 0) is 61.4 Å². The lowest BCUT2D eigenvalue weighted by Crippen LogP contribution is -2.19. The number of hydrogen-bond donors (Lipinski definition) is 1. The molecule has 0 amide bonds. The van der Waals surface area contributed by atoms with Gasteiger partial charge in [-0.2, -0.15) is 0 Å². The molecule has 0 aliphatic rings. The monoisotopic (exact) mass is 534 g/mol. The molecule has 4 rings (SSSR count). The Morgan fingerprint density at radius 1 is 0.946 bits per heavy atom. The van der Waals surface area contributed by atoms with Gasteiger partial charge in [-0.15, -0.1) is 11.8 Å². The number of ether oxygens (including phenoxy) is 2. The molecule has 1 heterocycles. The smallest absolute Gasteiger partial charge is 0.308 e. The van der Waals surface area contributed by atoms with Gasteiger partial charge in [-0.3, -0.25) is 19.5 Å². The van der Waals surface area contributed by atoms with Crippen LogP contribution >= 0.6 is 24.0 Å². The van der Waals surface area contributed by atoms with Gasteiger partial charge in [-0.1, -0.05) is 42.5 Å². The number of esters is 2. The largest absolute Gasteiger partial charge is 0.426 e. The van der Waals surface area contributed by atoms with Crippen molar-refractivity contribution < 1.29 is 19.1 Å². The first-order valence-corrected chi connectivity index (χ1v) is 13.1. The Morgan fingerprint density at radius 2 is 1.59 bits per heavy atom. The molecular weight excluding hydrogens is 508 g/mol. The summed E-state index contributed by atoms with van der Waals surface area (Å²) in [7, 11) is 0. The first kappa shape index (κ1) is 26.4. The molecule has 0 aliphatic heterocycles. The number of nitrogens with zero attached hydrogens (tertiary/aromatic N) is 1. The average Bonchev–Trinajstić information content (AvgIpc) is 3.17. The van der Waals surface area contributed by atoms with Crippen LogP contribution in [-0.2, 0) is 16.0 Å². The van der Waals surface area contributed by atoms with Gasteiger partial charge < -0.3 is 9.47 Å². The van der Waals surface area contributed by atoms with Gasteiger partial charge in [0.15, 0.2) is 0 Å². The molecule has 0 aliphatic carbocycles. The van der Waals surface area contributed by atoms with Crippen molar-refractivity contribution in [3.63, 3.8) is 0 Å². The number of thiocarbonyl (C=S) groups is 1. The Bertz CT molecular complexity index is 1540. The third-order valence-electron chi connectivity index (χ3n) is 5.64. The van der Waals surface area contributed by atoms with E-state index < -0.39 is 11.9 Å². The molecule has 3 aromatic carbocycles. The number of carbonyl (C=O) groups excluding carboxylic acids is 2. The fraction of sp³-hybridized carbons (Fsp3) is 0.214. The third kappa shape index (κ3) is 6.18. The fourth-order valence-electron chi connectivity index (χ4n) is 4.04. The van der Waals surface area contributed by atoms with E-state index in [2.05, 4.69) is 5.10 Å². The number of para-hydroxylation sites is 1. The molecule has 0 saturated heterocycles. The van der Waals surface area contributed by atoms with E-state index in [-0.39, 0.29) is 5.56 Å². The molecular formula is C28H26N2O5S2. The second kappa shape index (κ2) is 11.6. The van der Waals surface area contributed by atoms with Crippen molar-refractivity contribution in [2.24, 2.45) is 0 Å². The molecule has 0 saturated carbocycles. The van der Waals surface area contributed by atoms with Crippen LogP contribution in [0.15, 0.2) is 65.5 Å². The zero-order valence-corrected chi connectivity index (χ0v) is 22.3. The molecule has 0 spiro atoms. The summed E-state index contributed by atoms with van der Waals surface area (Å²) in [4.78, 5) is 36.0. The van der Waals surface area contributed by atoms with Crippen LogP contribution in [0.2, 0.25) is 0 Å². The Morgan fingerprint density at radius 3 is 2.24 bits per heavy atom. The number of H-pyrrole nitrogens is 1. The Kier molecular flexibility index (Phi) is 8.25. The summed E-state index contributed by atoms with van der Waals surface area (Å²) in [6, 6.07) is 18.4. The number of rotatable bonds is 8. The van der Waals surface area contributed by atoms with Crippen LogP contribution in [-0.4, -0.2) is 31.7 Å². The van der Waals surface area contributed by atoms with Crippen LogP contribution in [0.25, 0.3) is 16.5 Å². The summed E-state index contributed by atoms with van der Waals surface area (Å²) in [6.45, 7) is 4.54. The van der Waals surface area contributed by atoms with Crippen molar-refractivity contribution in [2.45, 2.75) is 33.6 Å². The summed E-state index contributed by atoms with van der Waals surface area (Å²) < 4.78 is 12.8. The van der Waals surface area contributed by atoms with Crippen molar-refractivity contribution in [2.75, 3.05) is 5.75 Å². The molecule has 0 fully saturated rings. The van der Waals surface area contributed by atoms with Crippen LogP contribution in [0.3, 0.4) is 0 Å². The van der Waals surface area contributed by atoms with Gasteiger partial charge in [0.05, 0.1) is 15.4 Å². The highest BCUT2D eigenvalue weighted by Crippen LogP contribution is 2.34. The van der Waals surface area contributed by atoms with Gasteiger partial charge in [-0.25, -0.2) is 4.68 Å². The van der Waals surface area contributed by atoms with Crippen LogP contribution < -0.4 is 15.0 Å². The normalized spacial score (nSPS) is 10.9. The SMILES string of the molecule is CC(=O)Oc1ccc(OC(C)=O)c2cc(CCCSC(=S)c3c(C)[nH]n(-c4ccccc4)c3=O)ccc12. The Labute approximate surface area is 223 Å². The molecule has 1 N–H and O–H groups in total. The van der Waals surface area contributed by atoms with E-state index in [1.165, 1.54) is 30.3 Å². The van der Waals surface area contributed by atoms with Crippen LogP contribution in [0, 0.1) is 6.92 Å². The lowest BCUT2D eigenvalue weighted by molar-refractivity contribution is -0.132. The van der Waals surface area contributed by atoms with E-state index in [0.717, 1.165) is 35.5 Å². The van der Waals surface area contributed by atoms with E-state index in [1.54, 1.807) is 12.1 Å². The summed E-state index contributed by atoms with van der Waals surface area (Å²) in [5, 5.41) is 4.49. The van der Waals surface area contributed by atoms with Crippen LogP contribution in [0.1, 0.15) is 37.1 Å². The predicted octanol–water partition coefficient (Wildman–Crippen LogP) is 5.52. The maximum atomic E-state index is 13.0. The second-order valence-corrected chi connectivity index (χ2v) is 10.2. The minimum absolute atomic E-state index is 0.155. The number of thioether (sulfide) groups is 1. The van der Waals surface area contributed by atoms with Crippen molar-refractivity contribution >= 4 is 50.9 Å². The van der Waals surface area contributed by atoms with E-state index in [9.17, 15) is 14.4 Å². The van der Waals surface area contributed by atoms with Gasteiger partial charge in [0.25, 0.3) is 5.56 Å². The molecule has 4 aromatic rings. The number of fused-ring (bicyclic) bond motifs is 1. The zero-order chi connectivity index (χ0) is 26.5. The van der Waals surface area contributed by atoms with Crippen LogP contribution in [0.5, 0.6) is 11.5 Å². The fourth-order valence-corrected chi connectivity index (χ4v) is 5.39. The highest BCUT2D eigenvalue weighted by Gasteiger charge is 2.17. The minimum atomic E-state index is -0.428. The van der Waals surface area contributed by atoms with Crippen molar-refractivity contribution in [1.82, 2.24) is 9.78 Å². The lowest BCUT2D eigenvalue weighted by atomic mass is 10.0. The number of benzene rings is 3. The lowest BCUT2D eigenvalue weighted by Gasteiger charge is -2.12. The van der Waals surface area contributed by atoms with Crippen molar-refractivity contribution in [1.29, 1.82) is 0 Å². The number of aromatic amines is 1. The first-order chi connectivity index (χ1) is 17.7. The number of hydrogen-bond acceptors (Lipinski definition) is 7. The molecule has 0 radical (unpaired) electrons. The average molecular weight is 535 g/mol. The molecule has 7 nitrogen and oxygen atoms in total. The number of aromatic nitrogens is 2. The number of aryl methyl sites for hydroxylation is 2. The summed E-state index contributed by atoms with van der Waals surface area (Å²) in [5.74, 6) is 0.702. The third-order valence-corrected chi connectivity index (χ3v) is 7.16. The van der Waals surface area contributed by atoms with Gasteiger partial charge >= 0.3 is 11.9 Å². The molecule has 9 heteroatoms. The van der Waals surface area contributed by atoms with E-state index in [0.29, 0.717) is 32.0 Å². The summed E-state index contributed by atoms with van der Waals surface area (Å²) in [5.41, 5.74) is 2.91. The maximum absolute atomic E-state index is 13.0. The first-order valence-electron chi connectivity index (χ1n) is 11.7. The molecule has 190 valence electrons. The second-order valence-electron chi connectivity index (χ2n) is 8.46. The minimum Gasteiger partial charge on any atom is -0.426 e. The van der Waals surface area contributed by atoms with Gasteiger partial charge in [0.1, 0.15) is 11.5 Å². The zero-order valence-electron chi connectivity index (χ0n) is 20.7. The molecule has 1 aromatic heterocycles. The van der Waals surface area contributed by atoms with Gasteiger partial charge in [0, 0.05) is 30.3 Å². The summed E-state index contributed by atoms with van der Waals surface area (Å²) in [6.07, 6.45) is 1.57. The molecule has 37 heavy (non-hydrogen) atoms. The number of nitrogens with one attached hydrogen (secondary N) is 1. The maximum Gasteiger partial charge on any atom is 0.308 e. The standard InChI is InChI=1S/C28H26N2O5S2/c1-17-26(27(33)30(29-17)21-9-5-4-6-10-21)28(36)37-15-7-8-20-11-12-22-23(16-20)25(35-19(3)32)14-13-24(22)34-18(2)31/h4-6,9-14,16,29H,7-8,15H2,1-3H3. The highest BCUT2D eigenvalue weighted by molar-refractivity contribution is 8.23. The number of carbonyl (C=O) groups is 2. The van der Waals surface area contributed by atoms with Crippen molar-refractivity contribution in [3.8, 4) is 17.2 Å². The Hall–Kier alpha value is -3.69. The van der Waals surface area contributed by atoms with E-state index >= 15 is 0 Å². The predicted molar refractivity (Wildman–Crippen MR) is 150 cm³/mol. The summed E-state index contributed by atoms with van der Waals surface area (Å²) >= 11 is 7.08. The molecule has 0 bridgehead atoms. The molecule has 0 atom stereocenters. The Balaban J connectivity index is 1.45. The van der Waals surface area contributed by atoms with E-state index in [1.807, 2.05) is 55.5 Å². The molecule has 0 unspecified atom stereocenters. The van der Waals surface area contributed by atoms with Gasteiger partial charge in [0.2, 0.25) is 0 Å². The quantitative estimate of drug-likeness (QED) is 0.138. The highest BCUT2D eigenvalue weighted by atomic mass is 32.2. The van der Waals surface area contributed by atoms with E-state index in [4.69, 9.17) is 21.7 Å². The van der Waals surface area contributed by atoms with Crippen LogP contribution in [0.4, 0.5) is 0 Å². The van der Waals surface area contributed by atoms with Crippen molar-refractivity contribution in [3.05, 3.63) is 87.8 Å². The topological polar surface area (TPSA) is 90.4 Å².